The third kappa shape index (κ3) is 3.13. The maximum absolute atomic E-state index is 11.5. The Morgan fingerprint density at radius 3 is 2.50 bits per heavy atom. The van der Waals surface area contributed by atoms with Crippen molar-refractivity contribution < 1.29 is 19.1 Å². The van der Waals surface area contributed by atoms with Gasteiger partial charge in [-0.25, -0.2) is 4.79 Å². The summed E-state index contributed by atoms with van der Waals surface area (Å²) >= 11 is 5.98. The molecular formula is C12H14ClNO4. The maximum Gasteiger partial charge on any atom is 0.341 e. The Hall–Kier alpha value is -1.75. The largest absolute Gasteiger partial charge is 0.496 e. The highest BCUT2D eigenvalue weighted by Crippen LogP contribution is 2.31. The second-order valence-electron chi connectivity index (χ2n) is 3.43. The number of benzene rings is 1. The van der Waals surface area contributed by atoms with Gasteiger partial charge in [0.05, 0.1) is 24.9 Å². The molecule has 0 heterocycles. The third-order valence-electron chi connectivity index (χ3n) is 2.29. The summed E-state index contributed by atoms with van der Waals surface area (Å²) in [7, 11) is 2.68. The summed E-state index contributed by atoms with van der Waals surface area (Å²) in [4.78, 5) is 22.8. The quantitative estimate of drug-likeness (QED) is 0.855. The van der Waals surface area contributed by atoms with Crippen LogP contribution in [0.5, 0.6) is 5.75 Å². The molecule has 0 atom stereocenters. The lowest BCUT2D eigenvalue weighted by molar-refractivity contribution is -0.115. The van der Waals surface area contributed by atoms with Crippen LogP contribution in [0.2, 0.25) is 5.02 Å². The molecular weight excluding hydrogens is 258 g/mol. The molecule has 0 unspecified atom stereocenters. The molecule has 5 nitrogen and oxygen atoms in total. The molecule has 1 aromatic carbocycles. The Bertz CT molecular complexity index is 473. The van der Waals surface area contributed by atoms with Crippen molar-refractivity contribution in [2.45, 2.75) is 13.3 Å². The summed E-state index contributed by atoms with van der Waals surface area (Å²) in [6.45, 7) is 1.73. The zero-order chi connectivity index (χ0) is 13.7. The van der Waals surface area contributed by atoms with Crippen LogP contribution in [0.3, 0.4) is 0 Å². The molecule has 1 rings (SSSR count). The van der Waals surface area contributed by atoms with Gasteiger partial charge in [0.25, 0.3) is 0 Å². The van der Waals surface area contributed by atoms with Crippen molar-refractivity contribution in [1.29, 1.82) is 0 Å². The minimum atomic E-state index is -0.554. The SMILES string of the molecule is CCC(=O)Nc1cc(OC)c(C(=O)OC)cc1Cl. The first-order chi connectivity index (χ1) is 8.53. The minimum absolute atomic E-state index is 0.176. The number of rotatable bonds is 4. The summed E-state index contributed by atoms with van der Waals surface area (Å²) in [5, 5.41) is 2.86. The van der Waals surface area contributed by atoms with Crippen LogP contribution in [-0.4, -0.2) is 26.1 Å². The van der Waals surface area contributed by atoms with Crippen LogP contribution in [0.4, 0.5) is 5.69 Å². The second-order valence-corrected chi connectivity index (χ2v) is 3.83. The van der Waals surface area contributed by atoms with Crippen molar-refractivity contribution in [3.05, 3.63) is 22.7 Å². The van der Waals surface area contributed by atoms with Crippen LogP contribution in [0.15, 0.2) is 12.1 Å². The molecule has 0 aliphatic heterocycles. The Balaban J connectivity index is 3.18. The number of ether oxygens (including phenoxy) is 2. The molecule has 0 bridgehead atoms. The van der Waals surface area contributed by atoms with E-state index in [1.165, 1.54) is 26.4 Å². The number of hydrogen-bond donors (Lipinski definition) is 1. The molecule has 98 valence electrons. The molecule has 0 saturated heterocycles. The minimum Gasteiger partial charge on any atom is -0.496 e. The van der Waals surface area contributed by atoms with E-state index in [9.17, 15) is 9.59 Å². The van der Waals surface area contributed by atoms with Gasteiger partial charge in [-0.15, -0.1) is 0 Å². The Labute approximate surface area is 110 Å². The zero-order valence-corrected chi connectivity index (χ0v) is 11.1. The monoisotopic (exact) mass is 271 g/mol. The summed E-state index contributed by atoms with van der Waals surface area (Å²) in [5.74, 6) is -0.440. The van der Waals surface area contributed by atoms with Crippen molar-refractivity contribution in [2.24, 2.45) is 0 Å². The molecule has 6 heteroatoms. The van der Waals surface area contributed by atoms with Crippen LogP contribution in [0, 0.1) is 0 Å². The van der Waals surface area contributed by atoms with Crippen molar-refractivity contribution in [2.75, 3.05) is 19.5 Å². The molecule has 0 saturated carbocycles. The zero-order valence-electron chi connectivity index (χ0n) is 10.4. The van der Waals surface area contributed by atoms with Crippen molar-refractivity contribution >= 4 is 29.2 Å². The number of nitrogens with one attached hydrogen (secondary N) is 1. The van der Waals surface area contributed by atoms with Gasteiger partial charge in [0, 0.05) is 12.5 Å². The van der Waals surface area contributed by atoms with E-state index in [-0.39, 0.29) is 22.2 Å². The highest BCUT2D eigenvalue weighted by atomic mass is 35.5. The smallest absolute Gasteiger partial charge is 0.341 e. The van der Waals surface area contributed by atoms with Crippen LogP contribution < -0.4 is 10.1 Å². The van der Waals surface area contributed by atoms with Gasteiger partial charge in [-0.05, 0) is 6.07 Å². The number of hydrogen-bond acceptors (Lipinski definition) is 4. The van der Waals surface area contributed by atoms with E-state index in [2.05, 4.69) is 10.1 Å². The summed E-state index contributed by atoms with van der Waals surface area (Å²) in [5.41, 5.74) is 0.604. The van der Waals surface area contributed by atoms with Crippen LogP contribution in [0.1, 0.15) is 23.7 Å². The van der Waals surface area contributed by atoms with Crippen molar-refractivity contribution in [3.8, 4) is 5.75 Å². The van der Waals surface area contributed by atoms with Crippen LogP contribution in [-0.2, 0) is 9.53 Å². The number of halogens is 1. The number of esters is 1. The fraction of sp³-hybridized carbons (Fsp3) is 0.333. The number of anilines is 1. The Kier molecular flexibility index (Phi) is 4.97. The van der Waals surface area contributed by atoms with E-state index in [0.29, 0.717) is 12.1 Å². The lowest BCUT2D eigenvalue weighted by Crippen LogP contribution is -2.11. The average molecular weight is 272 g/mol. The molecule has 0 spiro atoms. The number of methoxy groups -OCH3 is 2. The van der Waals surface area contributed by atoms with Gasteiger partial charge < -0.3 is 14.8 Å². The van der Waals surface area contributed by atoms with Crippen molar-refractivity contribution in [3.63, 3.8) is 0 Å². The van der Waals surface area contributed by atoms with Gasteiger partial charge in [-0.2, -0.15) is 0 Å². The van der Waals surface area contributed by atoms with Crippen LogP contribution >= 0.6 is 11.6 Å². The summed E-state index contributed by atoms with van der Waals surface area (Å²) in [6, 6.07) is 2.89. The van der Waals surface area contributed by atoms with Gasteiger partial charge in [-0.3, -0.25) is 4.79 Å². The molecule has 1 aromatic rings. The predicted molar refractivity (Wildman–Crippen MR) is 68.3 cm³/mol. The first-order valence-corrected chi connectivity index (χ1v) is 5.67. The standard InChI is InChI=1S/C12H14ClNO4/c1-4-11(15)14-9-6-10(17-2)7(5-8(9)13)12(16)18-3/h5-6H,4H2,1-3H3,(H,14,15). The van der Waals surface area contributed by atoms with E-state index in [4.69, 9.17) is 16.3 Å². The molecule has 1 N–H and O–H groups in total. The fourth-order valence-electron chi connectivity index (χ4n) is 1.33. The molecule has 0 fully saturated rings. The normalized spacial score (nSPS) is 9.78. The summed E-state index contributed by atoms with van der Waals surface area (Å²) in [6.07, 6.45) is 0.331. The highest BCUT2D eigenvalue weighted by molar-refractivity contribution is 6.34. The molecule has 18 heavy (non-hydrogen) atoms. The maximum atomic E-state index is 11.5. The Morgan fingerprint density at radius 2 is 2.00 bits per heavy atom. The molecule has 0 aromatic heterocycles. The predicted octanol–water partition coefficient (Wildman–Crippen LogP) is 2.48. The van der Waals surface area contributed by atoms with E-state index in [1.54, 1.807) is 6.92 Å². The van der Waals surface area contributed by atoms with E-state index < -0.39 is 5.97 Å². The number of carbonyl (C=O) groups is 2. The lowest BCUT2D eigenvalue weighted by Gasteiger charge is -2.12. The molecule has 0 aliphatic rings. The molecule has 0 aliphatic carbocycles. The van der Waals surface area contributed by atoms with E-state index in [1.807, 2.05) is 0 Å². The van der Waals surface area contributed by atoms with Gasteiger partial charge in [0.2, 0.25) is 5.91 Å². The average Bonchev–Trinajstić information content (AvgIpc) is 2.39. The molecule has 1 amide bonds. The molecule has 0 radical (unpaired) electrons. The highest BCUT2D eigenvalue weighted by Gasteiger charge is 2.17. The number of amides is 1. The van der Waals surface area contributed by atoms with Gasteiger partial charge in [0.15, 0.2) is 0 Å². The van der Waals surface area contributed by atoms with Gasteiger partial charge in [-0.1, -0.05) is 18.5 Å². The van der Waals surface area contributed by atoms with Gasteiger partial charge in [0.1, 0.15) is 11.3 Å². The first kappa shape index (κ1) is 14.3. The number of carbonyl (C=O) groups excluding carboxylic acids is 2. The van der Waals surface area contributed by atoms with Crippen LogP contribution in [0.25, 0.3) is 0 Å². The second kappa shape index (κ2) is 6.26. The Morgan fingerprint density at radius 1 is 1.33 bits per heavy atom. The summed E-state index contributed by atoms with van der Waals surface area (Å²) < 4.78 is 9.68. The lowest BCUT2D eigenvalue weighted by atomic mass is 10.1. The first-order valence-electron chi connectivity index (χ1n) is 5.29. The van der Waals surface area contributed by atoms with Gasteiger partial charge >= 0.3 is 5.97 Å². The van der Waals surface area contributed by atoms with E-state index >= 15 is 0 Å². The fourth-order valence-corrected chi connectivity index (χ4v) is 1.54. The van der Waals surface area contributed by atoms with E-state index in [0.717, 1.165) is 0 Å². The van der Waals surface area contributed by atoms with Crippen molar-refractivity contribution in [1.82, 2.24) is 0 Å². The topological polar surface area (TPSA) is 64.6 Å². The third-order valence-corrected chi connectivity index (χ3v) is 2.60.